The Morgan fingerprint density at radius 2 is 1.86 bits per heavy atom. The number of amides is 1. The minimum absolute atomic E-state index is 0.109. The number of carbonyl (C=O) groups excluding carboxylic acids is 2. The van der Waals surface area contributed by atoms with E-state index in [9.17, 15) is 9.59 Å². The monoisotopic (exact) mass is 293 g/mol. The highest BCUT2D eigenvalue weighted by Gasteiger charge is 2.25. The Morgan fingerprint density at radius 1 is 1.24 bits per heavy atom. The van der Waals surface area contributed by atoms with Crippen molar-refractivity contribution in [2.24, 2.45) is 0 Å². The quantitative estimate of drug-likeness (QED) is 0.778. The summed E-state index contributed by atoms with van der Waals surface area (Å²) >= 11 is 0. The van der Waals surface area contributed by atoms with E-state index in [1.807, 2.05) is 26.0 Å². The van der Waals surface area contributed by atoms with Crippen LogP contribution in [0, 0.1) is 6.92 Å². The number of likely N-dealkylation sites (N-methyl/N-ethyl adjacent to an activating group) is 1. The molecule has 0 saturated carbocycles. The predicted octanol–water partition coefficient (Wildman–Crippen LogP) is 1.77. The summed E-state index contributed by atoms with van der Waals surface area (Å²) in [7, 11) is 0. The smallest absolute Gasteiger partial charge is 0.338 e. The van der Waals surface area contributed by atoms with Crippen LogP contribution < -0.4 is 0 Å². The van der Waals surface area contributed by atoms with Crippen LogP contribution in [0.4, 0.5) is 0 Å². The lowest BCUT2D eigenvalue weighted by Gasteiger charge is -2.24. The third-order valence-electron chi connectivity index (χ3n) is 3.25. The van der Waals surface area contributed by atoms with Gasteiger partial charge in [0.2, 0.25) is 0 Å². The van der Waals surface area contributed by atoms with Crippen molar-refractivity contribution in [1.29, 1.82) is 0 Å². The zero-order valence-electron chi connectivity index (χ0n) is 12.8. The molecule has 116 valence electrons. The van der Waals surface area contributed by atoms with Crippen LogP contribution in [0.1, 0.15) is 36.2 Å². The normalized spacial score (nSPS) is 11.8. The molecule has 5 nitrogen and oxygen atoms in total. The van der Waals surface area contributed by atoms with Crippen LogP contribution in [-0.4, -0.2) is 47.7 Å². The number of esters is 1. The van der Waals surface area contributed by atoms with Gasteiger partial charge in [0.05, 0.1) is 12.2 Å². The van der Waals surface area contributed by atoms with Crippen molar-refractivity contribution in [3.8, 4) is 0 Å². The summed E-state index contributed by atoms with van der Waals surface area (Å²) in [5.41, 5.74) is 1.48. The summed E-state index contributed by atoms with van der Waals surface area (Å²) in [6.45, 7) is 6.15. The van der Waals surface area contributed by atoms with Gasteiger partial charge in [-0.15, -0.1) is 0 Å². The van der Waals surface area contributed by atoms with Gasteiger partial charge < -0.3 is 14.7 Å². The number of nitrogens with zero attached hydrogens (tertiary/aromatic N) is 1. The zero-order chi connectivity index (χ0) is 15.8. The van der Waals surface area contributed by atoms with Gasteiger partial charge >= 0.3 is 5.97 Å². The molecule has 5 heteroatoms. The molecule has 1 aromatic carbocycles. The third kappa shape index (κ3) is 4.86. The number of aryl methyl sites for hydroxylation is 1. The van der Waals surface area contributed by atoms with Gasteiger partial charge in [-0.05, 0) is 32.4 Å². The number of hydrogen-bond donors (Lipinski definition) is 1. The van der Waals surface area contributed by atoms with Gasteiger partial charge in [0.15, 0.2) is 6.10 Å². The first-order chi connectivity index (χ1) is 10.0. The van der Waals surface area contributed by atoms with Gasteiger partial charge in [0, 0.05) is 13.1 Å². The van der Waals surface area contributed by atoms with Gasteiger partial charge in [-0.2, -0.15) is 0 Å². The Kier molecular flexibility index (Phi) is 6.88. The summed E-state index contributed by atoms with van der Waals surface area (Å²) in [5.74, 6) is -0.773. The molecule has 1 unspecified atom stereocenters. The van der Waals surface area contributed by atoms with Crippen LogP contribution in [0.3, 0.4) is 0 Å². The van der Waals surface area contributed by atoms with E-state index in [2.05, 4.69) is 0 Å². The van der Waals surface area contributed by atoms with Crippen LogP contribution >= 0.6 is 0 Å². The highest BCUT2D eigenvalue weighted by molar-refractivity contribution is 5.92. The lowest BCUT2D eigenvalue weighted by Crippen LogP contribution is -2.42. The van der Waals surface area contributed by atoms with Gasteiger partial charge in [-0.1, -0.05) is 24.6 Å². The van der Waals surface area contributed by atoms with Crippen LogP contribution in [-0.2, 0) is 9.53 Å². The Balaban J connectivity index is 2.74. The Bertz CT molecular complexity index is 470. The highest BCUT2D eigenvalue weighted by Crippen LogP contribution is 2.10. The maximum atomic E-state index is 12.3. The Hall–Kier alpha value is -1.88. The molecule has 1 aromatic rings. The van der Waals surface area contributed by atoms with Crippen LogP contribution in [0.2, 0.25) is 0 Å². The van der Waals surface area contributed by atoms with E-state index >= 15 is 0 Å². The number of aliphatic hydroxyl groups is 1. The van der Waals surface area contributed by atoms with E-state index in [0.29, 0.717) is 18.5 Å². The Morgan fingerprint density at radius 3 is 2.33 bits per heavy atom. The van der Waals surface area contributed by atoms with E-state index in [4.69, 9.17) is 9.84 Å². The molecule has 21 heavy (non-hydrogen) atoms. The van der Waals surface area contributed by atoms with E-state index < -0.39 is 12.1 Å². The topological polar surface area (TPSA) is 66.8 Å². The fourth-order valence-corrected chi connectivity index (χ4v) is 1.94. The maximum absolute atomic E-state index is 12.3. The molecular formula is C16H23NO4. The number of ether oxygens (including phenoxy) is 1. The summed E-state index contributed by atoms with van der Waals surface area (Å²) in [6.07, 6.45) is -0.413. The molecule has 0 fully saturated rings. The number of rotatable bonds is 7. The molecule has 1 amide bonds. The largest absolute Gasteiger partial charge is 0.449 e. The fourth-order valence-electron chi connectivity index (χ4n) is 1.94. The minimum atomic E-state index is -0.815. The number of carbonyl (C=O) groups is 2. The van der Waals surface area contributed by atoms with Crippen molar-refractivity contribution >= 4 is 11.9 Å². The van der Waals surface area contributed by atoms with E-state index in [0.717, 1.165) is 5.56 Å². The molecule has 0 aliphatic heterocycles. The van der Waals surface area contributed by atoms with E-state index in [1.54, 1.807) is 19.1 Å². The van der Waals surface area contributed by atoms with Crippen molar-refractivity contribution in [2.45, 2.75) is 33.3 Å². The summed E-state index contributed by atoms with van der Waals surface area (Å²) in [4.78, 5) is 25.8. The van der Waals surface area contributed by atoms with Crippen molar-refractivity contribution in [1.82, 2.24) is 4.90 Å². The zero-order valence-corrected chi connectivity index (χ0v) is 12.8. The van der Waals surface area contributed by atoms with Crippen LogP contribution in [0.15, 0.2) is 24.3 Å². The predicted molar refractivity (Wildman–Crippen MR) is 80.0 cm³/mol. The molecule has 0 saturated heterocycles. The molecule has 0 spiro atoms. The molecule has 0 aliphatic carbocycles. The van der Waals surface area contributed by atoms with Crippen LogP contribution in [0.25, 0.3) is 0 Å². The second-order valence-corrected chi connectivity index (χ2v) is 4.81. The average molecular weight is 293 g/mol. The van der Waals surface area contributed by atoms with Crippen molar-refractivity contribution < 1.29 is 19.4 Å². The summed E-state index contributed by atoms with van der Waals surface area (Å²) in [6, 6.07) is 7.01. The maximum Gasteiger partial charge on any atom is 0.338 e. The number of benzene rings is 1. The molecule has 0 bridgehead atoms. The van der Waals surface area contributed by atoms with Crippen LogP contribution in [0.5, 0.6) is 0 Å². The molecule has 0 radical (unpaired) electrons. The molecule has 0 aliphatic rings. The molecule has 1 rings (SSSR count). The molecule has 0 aromatic heterocycles. The average Bonchev–Trinajstić information content (AvgIpc) is 2.50. The van der Waals surface area contributed by atoms with Gasteiger partial charge in [-0.3, -0.25) is 4.79 Å². The minimum Gasteiger partial charge on any atom is -0.449 e. The van der Waals surface area contributed by atoms with Crippen molar-refractivity contribution in [3.05, 3.63) is 35.4 Å². The second kappa shape index (κ2) is 8.42. The molecule has 1 N–H and O–H groups in total. The fraction of sp³-hybridized carbons (Fsp3) is 0.500. The molecule has 0 heterocycles. The van der Waals surface area contributed by atoms with Crippen molar-refractivity contribution in [2.75, 3.05) is 19.7 Å². The Labute approximate surface area is 125 Å². The highest BCUT2D eigenvalue weighted by atomic mass is 16.5. The van der Waals surface area contributed by atoms with Gasteiger partial charge in [-0.25, -0.2) is 4.79 Å². The lowest BCUT2D eigenvalue weighted by molar-refractivity contribution is -0.141. The SMILES string of the molecule is CCC(OC(=O)c1ccc(C)cc1)C(=O)N(CC)CCO. The van der Waals surface area contributed by atoms with E-state index in [-0.39, 0.29) is 19.1 Å². The van der Waals surface area contributed by atoms with E-state index in [1.165, 1.54) is 4.90 Å². The third-order valence-corrected chi connectivity index (χ3v) is 3.25. The van der Waals surface area contributed by atoms with Gasteiger partial charge in [0.25, 0.3) is 5.91 Å². The number of aliphatic hydroxyl groups excluding tert-OH is 1. The van der Waals surface area contributed by atoms with Gasteiger partial charge in [0.1, 0.15) is 0 Å². The molecule has 1 atom stereocenters. The first-order valence-corrected chi connectivity index (χ1v) is 7.20. The number of hydrogen-bond acceptors (Lipinski definition) is 4. The first kappa shape index (κ1) is 17.2. The first-order valence-electron chi connectivity index (χ1n) is 7.20. The lowest BCUT2D eigenvalue weighted by atomic mass is 10.1. The second-order valence-electron chi connectivity index (χ2n) is 4.81. The van der Waals surface area contributed by atoms with Crippen molar-refractivity contribution in [3.63, 3.8) is 0 Å². The molecular weight excluding hydrogens is 270 g/mol. The summed E-state index contributed by atoms with van der Waals surface area (Å²) < 4.78 is 5.30. The standard InChI is InChI=1S/C16H23NO4/c1-4-14(15(19)17(5-2)10-11-18)21-16(20)13-8-6-12(3)7-9-13/h6-9,14,18H,4-5,10-11H2,1-3H3. The summed E-state index contributed by atoms with van der Waals surface area (Å²) in [5, 5.41) is 8.96.